The van der Waals surface area contributed by atoms with Crippen molar-refractivity contribution in [3.05, 3.63) is 59.4 Å². The second-order valence-corrected chi connectivity index (χ2v) is 6.48. The summed E-state index contributed by atoms with van der Waals surface area (Å²) >= 11 is 0. The summed E-state index contributed by atoms with van der Waals surface area (Å²) in [4.78, 5) is 3.31. The molecule has 0 bridgehead atoms. The van der Waals surface area contributed by atoms with Crippen molar-refractivity contribution < 1.29 is 13.5 Å². The van der Waals surface area contributed by atoms with Crippen LogP contribution in [0.2, 0.25) is 0 Å². The maximum atomic E-state index is 13.8. The molecule has 3 rings (SSSR count). The smallest absolute Gasteiger partial charge is 0.218 e. The van der Waals surface area contributed by atoms with Crippen molar-refractivity contribution in [2.45, 2.75) is 50.9 Å². The highest BCUT2D eigenvalue weighted by molar-refractivity contribution is 5.30. The van der Waals surface area contributed by atoms with Crippen LogP contribution in [0.1, 0.15) is 62.0 Å². The Morgan fingerprint density at radius 2 is 1.62 bits per heavy atom. The molecular formula is C20H23F2NO. The molecule has 0 spiro atoms. The topological polar surface area (TPSA) is 22.1 Å². The molecule has 0 aliphatic heterocycles. The summed E-state index contributed by atoms with van der Waals surface area (Å²) < 4.78 is 32.4. The minimum atomic E-state index is -0.754. The molecule has 0 amide bonds. The summed E-state index contributed by atoms with van der Waals surface area (Å²) in [6.07, 6.45) is 4.83. The zero-order chi connectivity index (χ0) is 16.9. The maximum Gasteiger partial charge on any atom is 0.218 e. The number of hydrogen-bond donors (Lipinski definition) is 0. The molecule has 0 saturated heterocycles. The molecule has 1 fully saturated rings. The molecule has 0 N–H and O–H groups in total. The lowest BCUT2D eigenvalue weighted by molar-refractivity contribution is 0.317. The van der Waals surface area contributed by atoms with Gasteiger partial charge >= 0.3 is 0 Å². The van der Waals surface area contributed by atoms with Gasteiger partial charge in [-0.15, -0.1) is 0 Å². The van der Waals surface area contributed by atoms with Gasteiger partial charge < -0.3 is 4.74 Å². The Hall–Kier alpha value is -1.97. The minimum Gasteiger partial charge on any atom is -0.494 e. The predicted octanol–water partition coefficient (Wildman–Crippen LogP) is 5.59. The number of ether oxygens (including phenoxy) is 1. The van der Waals surface area contributed by atoms with Crippen molar-refractivity contribution in [1.82, 2.24) is 4.98 Å². The molecule has 128 valence electrons. The number of pyridine rings is 1. The molecule has 1 saturated carbocycles. The first kappa shape index (κ1) is 16.9. The maximum absolute atomic E-state index is 13.8. The van der Waals surface area contributed by atoms with E-state index in [4.69, 9.17) is 4.74 Å². The van der Waals surface area contributed by atoms with E-state index in [2.05, 4.69) is 24.0 Å². The van der Waals surface area contributed by atoms with Crippen molar-refractivity contribution in [1.29, 1.82) is 0 Å². The molecule has 1 aromatic heterocycles. The second-order valence-electron chi connectivity index (χ2n) is 6.48. The summed E-state index contributed by atoms with van der Waals surface area (Å²) in [5.41, 5.74) is 1.87. The van der Waals surface area contributed by atoms with Gasteiger partial charge in [0, 0.05) is 5.56 Å². The standard InChI is InChI=1S/C20H23F2NO/c1-2-13-24-17-9-7-15(8-10-17)14-3-5-16(6-4-14)18-11-12-19(21)23-20(18)22/h7-12,14,16H,2-6,13H2,1H3/t14-,16-. The third-order valence-corrected chi connectivity index (χ3v) is 4.83. The van der Waals surface area contributed by atoms with E-state index in [0.717, 1.165) is 44.5 Å². The van der Waals surface area contributed by atoms with Gasteiger partial charge in [0.2, 0.25) is 11.9 Å². The van der Waals surface area contributed by atoms with Gasteiger partial charge in [0.05, 0.1) is 6.61 Å². The fraction of sp³-hybridized carbons (Fsp3) is 0.450. The molecule has 0 radical (unpaired) electrons. The first-order chi connectivity index (χ1) is 11.7. The molecule has 1 aliphatic rings. The highest BCUT2D eigenvalue weighted by atomic mass is 19.1. The van der Waals surface area contributed by atoms with E-state index < -0.39 is 11.9 Å². The summed E-state index contributed by atoms with van der Waals surface area (Å²) in [7, 11) is 0. The summed E-state index contributed by atoms with van der Waals surface area (Å²) in [5, 5.41) is 0. The van der Waals surface area contributed by atoms with Crippen LogP contribution in [0.15, 0.2) is 36.4 Å². The van der Waals surface area contributed by atoms with Crippen molar-refractivity contribution in [3.8, 4) is 5.75 Å². The second kappa shape index (κ2) is 7.73. The van der Waals surface area contributed by atoms with Gasteiger partial charge in [0.1, 0.15) is 5.75 Å². The van der Waals surface area contributed by atoms with Crippen molar-refractivity contribution >= 4 is 0 Å². The van der Waals surface area contributed by atoms with Crippen molar-refractivity contribution in [2.24, 2.45) is 0 Å². The van der Waals surface area contributed by atoms with E-state index in [1.54, 1.807) is 6.07 Å². The van der Waals surface area contributed by atoms with Gasteiger partial charge in [0.15, 0.2) is 0 Å². The Morgan fingerprint density at radius 1 is 0.958 bits per heavy atom. The average Bonchev–Trinajstić information content (AvgIpc) is 2.61. The Labute approximate surface area is 141 Å². The molecule has 0 atom stereocenters. The first-order valence-electron chi connectivity index (χ1n) is 8.72. The molecule has 1 aliphatic carbocycles. The van der Waals surface area contributed by atoms with Gasteiger partial charge in [-0.3, -0.25) is 0 Å². The zero-order valence-electron chi connectivity index (χ0n) is 14.0. The van der Waals surface area contributed by atoms with Crippen LogP contribution in [0.3, 0.4) is 0 Å². The van der Waals surface area contributed by atoms with E-state index in [1.807, 2.05) is 12.1 Å². The van der Waals surface area contributed by atoms with Crippen LogP contribution in [0.4, 0.5) is 8.78 Å². The molecular weight excluding hydrogens is 308 g/mol. The lowest BCUT2D eigenvalue weighted by Gasteiger charge is -2.29. The van der Waals surface area contributed by atoms with Crippen LogP contribution in [0, 0.1) is 11.9 Å². The lowest BCUT2D eigenvalue weighted by atomic mass is 9.76. The Morgan fingerprint density at radius 3 is 2.25 bits per heavy atom. The van der Waals surface area contributed by atoms with E-state index in [9.17, 15) is 8.78 Å². The minimum absolute atomic E-state index is 0.140. The molecule has 2 nitrogen and oxygen atoms in total. The molecule has 1 aromatic carbocycles. The van der Waals surface area contributed by atoms with Crippen LogP contribution in [-0.2, 0) is 0 Å². The SMILES string of the molecule is CCCOc1ccc([C@H]2CC[C@H](c3ccc(F)nc3F)CC2)cc1. The fourth-order valence-electron chi connectivity index (χ4n) is 3.52. The van der Waals surface area contributed by atoms with E-state index >= 15 is 0 Å². The molecule has 2 aromatic rings. The number of hydrogen-bond acceptors (Lipinski definition) is 2. The van der Waals surface area contributed by atoms with Crippen molar-refractivity contribution in [2.75, 3.05) is 6.61 Å². The Bertz CT molecular complexity index is 664. The van der Waals surface area contributed by atoms with Crippen LogP contribution in [0.5, 0.6) is 5.75 Å². The zero-order valence-corrected chi connectivity index (χ0v) is 14.0. The fourth-order valence-corrected chi connectivity index (χ4v) is 3.52. The molecule has 4 heteroatoms. The highest BCUT2D eigenvalue weighted by Gasteiger charge is 2.25. The molecule has 24 heavy (non-hydrogen) atoms. The van der Waals surface area contributed by atoms with Gasteiger partial charge in [-0.25, -0.2) is 0 Å². The Balaban J connectivity index is 1.60. The largest absolute Gasteiger partial charge is 0.494 e. The average molecular weight is 331 g/mol. The number of rotatable bonds is 5. The Kier molecular flexibility index (Phi) is 5.44. The van der Waals surface area contributed by atoms with Crippen LogP contribution < -0.4 is 4.74 Å². The third-order valence-electron chi connectivity index (χ3n) is 4.83. The van der Waals surface area contributed by atoms with Gasteiger partial charge in [-0.05, 0) is 73.8 Å². The number of nitrogens with zero attached hydrogens (tertiary/aromatic N) is 1. The lowest BCUT2D eigenvalue weighted by Crippen LogP contribution is -2.14. The van der Waals surface area contributed by atoms with E-state index in [0.29, 0.717) is 11.5 Å². The highest BCUT2D eigenvalue weighted by Crippen LogP contribution is 2.41. The van der Waals surface area contributed by atoms with Crippen molar-refractivity contribution in [3.63, 3.8) is 0 Å². The summed E-state index contributed by atoms with van der Waals surface area (Å²) in [6.45, 7) is 2.83. The van der Waals surface area contributed by atoms with Crippen LogP contribution >= 0.6 is 0 Å². The molecule has 0 unspecified atom stereocenters. The van der Waals surface area contributed by atoms with Gasteiger partial charge in [-0.2, -0.15) is 13.8 Å². The normalized spacial score (nSPS) is 20.8. The predicted molar refractivity (Wildman–Crippen MR) is 90.3 cm³/mol. The summed E-state index contributed by atoms with van der Waals surface area (Å²) in [5.74, 6) is 0.138. The van der Waals surface area contributed by atoms with E-state index in [1.165, 1.54) is 11.6 Å². The first-order valence-corrected chi connectivity index (χ1v) is 8.72. The van der Waals surface area contributed by atoms with Gasteiger partial charge in [0.25, 0.3) is 0 Å². The quantitative estimate of drug-likeness (QED) is 0.666. The van der Waals surface area contributed by atoms with Gasteiger partial charge in [-0.1, -0.05) is 19.1 Å². The van der Waals surface area contributed by atoms with Crippen LogP contribution in [0.25, 0.3) is 0 Å². The third kappa shape index (κ3) is 3.92. The summed E-state index contributed by atoms with van der Waals surface area (Å²) in [6, 6.07) is 11.1. The number of benzene rings is 1. The van der Waals surface area contributed by atoms with Crippen LogP contribution in [-0.4, -0.2) is 11.6 Å². The monoisotopic (exact) mass is 331 g/mol. The number of aromatic nitrogens is 1. The van der Waals surface area contributed by atoms with E-state index in [-0.39, 0.29) is 5.92 Å². The molecule has 1 heterocycles. The number of halogens is 2.